The van der Waals surface area contributed by atoms with Crippen LogP contribution < -0.4 is 17.2 Å². The van der Waals surface area contributed by atoms with Crippen LogP contribution in [-0.4, -0.2) is 11.7 Å². The van der Waals surface area contributed by atoms with Gasteiger partial charge in [0.2, 0.25) is 0 Å². The van der Waals surface area contributed by atoms with Gasteiger partial charge in [-0.05, 0) is 19.0 Å². The first-order valence-electron chi connectivity index (χ1n) is 4.30. The van der Waals surface area contributed by atoms with Crippen molar-refractivity contribution in [2.24, 2.45) is 11.5 Å². The van der Waals surface area contributed by atoms with Crippen LogP contribution in [0, 0.1) is 5.82 Å². The zero-order valence-electron chi connectivity index (χ0n) is 8.11. The zero-order valence-corrected chi connectivity index (χ0v) is 8.93. The molecule has 0 fully saturated rings. The van der Waals surface area contributed by atoms with Crippen LogP contribution in [0.4, 0.5) is 10.1 Å². The van der Waals surface area contributed by atoms with E-state index in [4.69, 9.17) is 17.2 Å². The minimum absolute atomic E-state index is 0. The molecule has 0 amide bonds. The topological polar surface area (TPSA) is 98.3 Å². The molecule has 1 aromatic rings. The molecule has 0 aliphatic heterocycles. The summed E-state index contributed by atoms with van der Waals surface area (Å²) in [7, 11) is 0. The Balaban J connectivity index is 0.00000196. The lowest BCUT2D eigenvalue weighted by Gasteiger charge is -2.13. The third-order valence-electron chi connectivity index (χ3n) is 2.07. The fraction of sp³-hybridized carbons (Fsp3) is 0.333. The van der Waals surface area contributed by atoms with Gasteiger partial charge in [0.1, 0.15) is 17.3 Å². The fourth-order valence-electron chi connectivity index (χ4n) is 1.23. The minimum atomic E-state index is -0.647. The van der Waals surface area contributed by atoms with E-state index in [1.807, 2.05) is 0 Å². The molecule has 1 atom stereocenters. The molecule has 15 heavy (non-hydrogen) atoms. The van der Waals surface area contributed by atoms with E-state index in [0.29, 0.717) is 18.5 Å². The number of aromatic hydroxyl groups is 1. The third kappa shape index (κ3) is 2.95. The van der Waals surface area contributed by atoms with Crippen molar-refractivity contribution in [2.45, 2.75) is 12.5 Å². The average Bonchev–Trinajstić information content (AvgIpc) is 2.15. The summed E-state index contributed by atoms with van der Waals surface area (Å²) in [5, 5.41) is 9.49. The van der Waals surface area contributed by atoms with Crippen molar-refractivity contribution < 1.29 is 9.50 Å². The first-order valence-corrected chi connectivity index (χ1v) is 4.30. The lowest BCUT2D eigenvalue weighted by Crippen LogP contribution is -2.16. The van der Waals surface area contributed by atoms with E-state index >= 15 is 0 Å². The van der Waals surface area contributed by atoms with Crippen LogP contribution >= 0.6 is 12.4 Å². The van der Waals surface area contributed by atoms with Gasteiger partial charge in [0.15, 0.2) is 0 Å². The van der Waals surface area contributed by atoms with Crippen molar-refractivity contribution in [1.82, 2.24) is 0 Å². The number of phenols is 1. The molecule has 6 heteroatoms. The number of phenolic OH excluding ortho intramolecular Hbond substituents is 1. The highest BCUT2D eigenvalue weighted by molar-refractivity contribution is 5.85. The van der Waals surface area contributed by atoms with E-state index < -0.39 is 11.9 Å². The second-order valence-electron chi connectivity index (χ2n) is 3.08. The summed E-state index contributed by atoms with van der Waals surface area (Å²) in [6.45, 7) is 0.401. The summed E-state index contributed by atoms with van der Waals surface area (Å²) < 4.78 is 12.9. The summed E-state index contributed by atoms with van der Waals surface area (Å²) >= 11 is 0. The molecule has 0 saturated heterocycles. The van der Waals surface area contributed by atoms with E-state index in [1.165, 1.54) is 12.1 Å². The number of nitrogen functional groups attached to an aromatic ring is 1. The molecule has 0 bridgehead atoms. The molecule has 1 aromatic carbocycles. The Labute approximate surface area is 93.7 Å². The van der Waals surface area contributed by atoms with Gasteiger partial charge in [-0.25, -0.2) is 4.39 Å². The number of nitrogens with two attached hydrogens (primary N) is 3. The summed E-state index contributed by atoms with van der Waals surface area (Å²) in [6.07, 6.45) is 0.513. The first kappa shape index (κ1) is 14.0. The summed E-state index contributed by atoms with van der Waals surface area (Å²) in [5.41, 5.74) is 16.5. The Hall–Kier alpha value is -1.04. The van der Waals surface area contributed by atoms with E-state index in [-0.39, 0.29) is 23.8 Å². The number of hydrogen-bond acceptors (Lipinski definition) is 4. The summed E-state index contributed by atoms with van der Waals surface area (Å²) in [5.74, 6) is -0.933. The van der Waals surface area contributed by atoms with Gasteiger partial charge in [0.05, 0.1) is 0 Å². The lowest BCUT2D eigenvalue weighted by atomic mass is 10.0. The van der Waals surface area contributed by atoms with Gasteiger partial charge >= 0.3 is 0 Å². The Morgan fingerprint density at radius 2 is 2.00 bits per heavy atom. The monoisotopic (exact) mass is 235 g/mol. The largest absolute Gasteiger partial charge is 0.505 e. The highest BCUT2D eigenvalue weighted by Crippen LogP contribution is 2.31. The number of benzene rings is 1. The highest BCUT2D eigenvalue weighted by Gasteiger charge is 2.14. The smallest absolute Gasteiger partial charge is 0.149 e. The lowest BCUT2D eigenvalue weighted by molar-refractivity contribution is 0.457. The first-order chi connectivity index (χ1) is 6.57. The van der Waals surface area contributed by atoms with Crippen LogP contribution in [0.5, 0.6) is 5.75 Å². The number of hydrogen-bond donors (Lipinski definition) is 4. The van der Waals surface area contributed by atoms with Crippen molar-refractivity contribution in [1.29, 1.82) is 0 Å². The number of anilines is 1. The second-order valence-corrected chi connectivity index (χ2v) is 3.08. The average molecular weight is 236 g/mol. The Morgan fingerprint density at radius 3 is 2.53 bits per heavy atom. The van der Waals surface area contributed by atoms with Crippen molar-refractivity contribution in [3.63, 3.8) is 0 Å². The van der Waals surface area contributed by atoms with Gasteiger partial charge in [-0.2, -0.15) is 0 Å². The molecule has 0 heterocycles. The van der Waals surface area contributed by atoms with Gasteiger partial charge in [0.25, 0.3) is 0 Å². The van der Waals surface area contributed by atoms with Crippen molar-refractivity contribution >= 4 is 18.1 Å². The summed E-state index contributed by atoms with van der Waals surface area (Å²) in [6, 6.07) is 2.19. The number of halogens is 2. The Kier molecular flexibility index (Phi) is 5.35. The van der Waals surface area contributed by atoms with Gasteiger partial charge in [-0.1, -0.05) is 6.07 Å². The quantitative estimate of drug-likeness (QED) is 0.462. The molecule has 0 radical (unpaired) electrons. The molecule has 0 aliphatic rings. The standard InChI is InChI=1S/C9H14FN3O.ClH/c10-6-2-1-5(7(12)3-4-11)9(14)8(6)13;/h1-2,7,14H,3-4,11-13H2;1H/t7-;/m1./s1. The zero-order chi connectivity index (χ0) is 10.7. The maximum atomic E-state index is 12.9. The molecule has 0 unspecified atom stereocenters. The van der Waals surface area contributed by atoms with Gasteiger partial charge in [-0.3, -0.25) is 0 Å². The maximum Gasteiger partial charge on any atom is 0.149 e. The highest BCUT2D eigenvalue weighted by atomic mass is 35.5. The third-order valence-corrected chi connectivity index (χ3v) is 2.07. The van der Waals surface area contributed by atoms with Crippen LogP contribution in [0.3, 0.4) is 0 Å². The molecule has 86 valence electrons. The van der Waals surface area contributed by atoms with Gasteiger partial charge < -0.3 is 22.3 Å². The van der Waals surface area contributed by atoms with Crippen LogP contribution in [0.25, 0.3) is 0 Å². The molecule has 4 nitrogen and oxygen atoms in total. The normalized spacial score (nSPS) is 11.9. The van der Waals surface area contributed by atoms with E-state index in [0.717, 1.165) is 0 Å². The van der Waals surface area contributed by atoms with Crippen LogP contribution in [0.1, 0.15) is 18.0 Å². The molecule has 0 saturated carbocycles. The molecule has 7 N–H and O–H groups in total. The Bertz CT molecular complexity index is 335. The molecular weight excluding hydrogens is 221 g/mol. The Morgan fingerprint density at radius 1 is 1.40 bits per heavy atom. The maximum absolute atomic E-state index is 12.9. The molecule has 0 aromatic heterocycles. The molecule has 1 rings (SSSR count). The van der Waals surface area contributed by atoms with E-state index in [2.05, 4.69) is 0 Å². The predicted octanol–water partition coefficient (Wildman–Crippen LogP) is 0.884. The van der Waals surface area contributed by atoms with E-state index in [9.17, 15) is 9.50 Å². The van der Waals surface area contributed by atoms with Crippen molar-refractivity contribution in [2.75, 3.05) is 12.3 Å². The molecular formula is C9H15ClFN3O. The van der Waals surface area contributed by atoms with Gasteiger partial charge in [-0.15, -0.1) is 12.4 Å². The van der Waals surface area contributed by atoms with Crippen LogP contribution in [0.15, 0.2) is 12.1 Å². The van der Waals surface area contributed by atoms with Crippen molar-refractivity contribution in [3.8, 4) is 5.75 Å². The fourth-order valence-corrected chi connectivity index (χ4v) is 1.23. The van der Waals surface area contributed by atoms with Crippen LogP contribution in [-0.2, 0) is 0 Å². The van der Waals surface area contributed by atoms with Gasteiger partial charge in [0, 0.05) is 11.6 Å². The van der Waals surface area contributed by atoms with Crippen LogP contribution in [0.2, 0.25) is 0 Å². The second kappa shape index (κ2) is 5.75. The van der Waals surface area contributed by atoms with Crippen molar-refractivity contribution in [3.05, 3.63) is 23.5 Å². The molecule has 0 aliphatic carbocycles. The van der Waals surface area contributed by atoms with E-state index in [1.54, 1.807) is 0 Å². The number of rotatable bonds is 3. The predicted molar refractivity (Wildman–Crippen MR) is 60.3 cm³/mol. The minimum Gasteiger partial charge on any atom is -0.505 e. The summed E-state index contributed by atoms with van der Waals surface area (Å²) in [4.78, 5) is 0. The molecule has 0 spiro atoms. The SMILES string of the molecule is Cl.NCC[C@@H](N)c1ccc(F)c(N)c1O.